The average Bonchev–Trinajstić information content (AvgIpc) is 2.17. The van der Waals surface area contributed by atoms with Crippen LogP contribution in [-0.2, 0) is 14.3 Å². The van der Waals surface area contributed by atoms with E-state index in [-0.39, 0.29) is 18.7 Å². The second-order valence-electron chi connectivity index (χ2n) is 3.37. The van der Waals surface area contributed by atoms with E-state index in [1.807, 2.05) is 6.92 Å². The lowest BCUT2D eigenvalue weighted by Gasteiger charge is -2.22. The minimum atomic E-state index is -0.352. The molecule has 1 unspecified atom stereocenters. The lowest BCUT2D eigenvalue weighted by molar-refractivity contribution is -0.137. The Kier molecular flexibility index (Phi) is 4.37. The van der Waals surface area contributed by atoms with Gasteiger partial charge in [-0.25, -0.2) is 4.79 Å². The number of carbonyl (C=O) groups is 1. The van der Waals surface area contributed by atoms with Gasteiger partial charge in [0.05, 0.1) is 12.7 Å². The molecule has 1 heterocycles. The summed E-state index contributed by atoms with van der Waals surface area (Å²) in [6.07, 6.45) is 3.76. The second-order valence-corrected chi connectivity index (χ2v) is 3.37. The SMILES string of the molecule is CCOC(=O)/C=C1\C=C(CO)OC(C)C1. The molecular formula is C11H16O4. The maximum Gasteiger partial charge on any atom is 0.331 e. The number of carbonyl (C=O) groups excluding carboxylic acids is 1. The Balaban J connectivity index is 2.72. The van der Waals surface area contributed by atoms with Crippen LogP contribution in [-0.4, -0.2) is 30.4 Å². The molecule has 0 spiro atoms. The van der Waals surface area contributed by atoms with E-state index in [1.165, 1.54) is 6.08 Å². The molecule has 15 heavy (non-hydrogen) atoms. The molecular weight excluding hydrogens is 196 g/mol. The first-order valence-corrected chi connectivity index (χ1v) is 5.01. The number of ether oxygens (including phenoxy) is 2. The third-order valence-electron chi connectivity index (χ3n) is 1.97. The van der Waals surface area contributed by atoms with Crippen molar-refractivity contribution in [1.82, 2.24) is 0 Å². The summed E-state index contributed by atoms with van der Waals surface area (Å²) in [5.74, 6) is 0.138. The van der Waals surface area contributed by atoms with E-state index in [0.717, 1.165) is 5.57 Å². The van der Waals surface area contributed by atoms with Crippen LogP contribution in [0.3, 0.4) is 0 Å². The highest BCUT2D eigenvalue weighted by Crippen LogP contribution is 2.20. The zero-order chi connectivity index (χ0) is 11.3. The normalized spacial score (nSPS) is 23.3. The largest absolute Gasteiger partial charge is 0.492 e. The maximum atomic E-state index is 11.2. The fourth-order valence-corrected chi connectivity index (χ4v) is 1.45. The van der Waals surface area contributed by atoms with Gasteiger partial charge >= 0.3 is 5.97 Å². The molecule has 0 bridgehead atoms. The van der Waals surface area contributed by atoms with Crippen LogP contribution in [0.25, 0.3) is 0 Å². The Morgan fingerprint density at radius 2 is 2.53 bits per heavy atom. The highest BCUT2D eigenvalue weighted by Gasteiger charge is 2.15. The molecule has 0 fully saturated rings. The Morgan fingerprint density at radius 1 is 1.80 bits per heavy atom. The Bertz CT molecular complexity index is 291. The number of rotatable bonds is 3. The van der Waals surface area contributed by atoms with Crippen molar-refractivity contribution in [2.45, 2.75) is 26.4 Å². The highest BCUT2D eigenvalue weighted by atomic mass is 16.5. The van der Waals surface area contributed by atoms with Gasteiger partial charge in [-0.1, -0.05) is 0 Å². The van der Waals surface area contributed by atoms with Gasteiger partial charge in [0.15, 0.2) is 0 Å². The van der Waals surface area contributed by atoms with Crippen molar-refractivity contribution in [3.8, 4) is 0 Å². The summed E-state index contributed by atoms with van der Waals surface area (Å²) in [6.45, 7) is 3.87. The summed E-state index contributed by atoms with van der Waals surface area (Å²) in [6, 6.07) is 0. The zero-order valence-corrected chi connectivity index (χ0v) is 9.03. The molecule has 0 aliphatic carbocycles. The Morgan fingerprint density at radius 3 is 3.13 bits per heavy atom. The summed E-state index contributed by atoms with van der Waals surface area (Å²) < 4.78 is 10.1. The molecule has 0 amide bonds. The van der Waals surface area contributed by atoms with Crippen molar-refractivity contribution < 1.29 is 19.4 Å². The van der Waals surface area contributed by atoms with Crippen molar-refractivity contribution in [3.05, 3.63) is 23.5 Å². The number of aliphatic hydroxyl groups excluding tert-OH is 1. The molecule has 1 aliphatic heterocycles. The van der Waals surface area contributed by atoms with Crippen LogP contribution in [0.1, 0.15) is 20.3 Å². The monoisotopic (exact) mass is 212 g/mol. The molecule has 0 aromatic rings. The number of allylic oxidation sites excluding steroid dienone is 1. The van der Waals surface area contributed by atoms with Crippen molar-refractivity contribution in [2.75, 3.05) is 13.2 Å². The Hall–Kier alpha value is -1.29. The topological polar surface area (TPSA) is 55.8 Å². The van der Waals surface area contributed by atoms with Gasteiger partial charge in [-0.2, -0.15) is 0 Å². The molecule has 0 saturated carbocycles. The first-order chi connectivity index (χ1) is 7.15. The van der Waals surface area contributed by atoms with E-state index in [2.05, 4.69) is 0 Å². The van der Waals surface area contributed by atoms with Gasteiger partial charge in [0.2, 0.25) is 0 Å². The van der Waals surface area contributed by atoms with Crippen LogP contribution < -0.4 is 0 Å². The first kappa shape index (κ1) is 11.8. The summed E-state index contributed by atoms with van der Waals surface area (Å²) in [7, 11) is 0. The van der Waals surface area contributed by atoms with E-state index in [9.17, 15) is 4.79 Å². The molecule has 0 aromatic heterocycles. The maximum absolute atomic E-state index is 11.2. The van der Waals surface area contributed by atoms with E-state index in [4.69, 9.17) is 14.6 Å². The molecule has 1 rings (SSSR count). The molecule has 1 N–H and O–H groups in total. The second kappa shape index (κ2) is 5.56. The minimum Gasteiger partial charge on any atom is -0.492 e. The summed E-state index contributed by atoms with van der Waals surface area (Å²) in [5.41, 5.74) is 0.830. The fourth-order valence-electron chi connectivity index (χ4n) is 1.45. The first-order valence-electron chi connectivity index (χ1n) is 5.01. The third-order valence-corrected chi connectivity index (χ3v) is 1.97. The van der Waals surface area contributed by atoms with Gasteiger partial charge in [0.1, 0.15) is 12.4 Å². The van der Waals surface area contributed by atoms with Gasteiger partial charge in [-0.05, 0) is 25.5 Å². The molecule has 1 aliphatic rings. The molecule has 4 heteroatoms. The Labute approximate surface area is 89.2 Å². The van der Waals surface area contributed by atoms with Gasteiger partial charge in [0.25, 0.3) is 0 Å². The molecule has 84 valence electrons. The van der Waals surface area contributed by atoms with Crippen LogP contribution in [0, 0.1) is 0 Å². The van der Waals surface area contributed by atoms with Gasteiger partial charge in [-0.3, -0.25) is 0 Å². The average molecular weight is 212 g/mol. The zero-order valence-electron chi connectivity index (χ0n) is 9.03. The predicted octanol–water partition coefficient (Wildman–Crippen LogP) is 1.16. The summed E-state index contributed by atoms with van der Waals surface area (Å²) in [5, 5.41) is 8.93. The van der Waals surface area contributed by atoms with Crippen LogP contribution in [0.5, 0.6) is 0 Å². The van der Waals surface area contributed by atoms with Crippen LogP contribution >= 0.6 is 0 Å². The van der Waals surface area contributed by atoms with Gasteiger partial charge in [-0.15, -0.1) is 0 Å². The fraction of sp³-hybridized carbons (Fsp3) is 0.545. The van der Waals surface area contributed by atoms with E-state index in [1.54, 1.807) is 13.0 Å². The molecule has 1 atom stereocenters. The molecule has 0 radical (unpaired) electrons. The highest BCUT2D eigenvalue weighted by molar-refractivity contribution is 5.83. The number of hydrogen-bond acceptors (Lipinski definition) is 4. The minimum absolute atomic E-state index is 0.0159. The van der Waals surface area contributed by atoms with Crippen LogP contribution in [0.15, 0.2) is 23.5 Å². The summed E-state index contributed by atoms with van der Waals surface area (Å²) >= 11 is 0. The third kappa shape index (κ3) is 3.75. The molecule has 0 aromatic carbocycles. The van der Waals surface area contributed by atoms with Gasteiger partial charge < -0.3 is 14.6 Å². The van der Waals surface area contributed by atoms with Crippen molar-refractivity contribution >= 4 is 5.97 Å². The summed E-state index contributed by atoms with van der Waals surface area (Å²) in [4.78, 5) is 11.2. The van der Waals surface area contributed by atoms with Gasteiger partial charge in [0, 0.05) is 12.5 Å². The van der Waals surface area contributed by atoms with Crippen molar-refractivity contribution in [3.63, 3.8) is 0 Å². The quantitative estimate of drug-likeness (QED) is 0.563. The van der Waals surface area contributed by atoms with Crippen molar-refractivity contribution in [1.29, 1.82) is 0 Å². The van der Waals surface area contributed by atoms with E-state index < -0.39 is 0 Å². The smallest absolute Gasteiger partial charge is 0.331 e. The predicted molar refractivity (Wildman–Crippen MR) is 55.0 cm³/mol. The van der Waals surface area contributed by atoms with Crippen LogP contribution in [0.2, 0.25) is 0 Å². The van der Waals surface area contributed by atoms with E-state index in [0.29, 0.717) is 18.8 Å². The van der Waals surface area contributed by atoms with E-state index >= 15 is 0 Å². The van der Waals surface area contributed by atoms with Crippen molar-refractivity contribution in [2.24, 2.45) is 0 Å². The number of aliphatic hydroxyl groups is 1. The molecule has 0 saturated heterocycles. The van der Waals surface area contributed by atoms with Crippen LogP contribution in [0.4, 0.5) is 0 Å². The lowest BCUT2D eigenvalue weighted by atomic mass is 10.1. The number of hydrogen-bond donors (Lipinski definition) is 1. The molecule has 4 nitrogen and oxygen atoms in total. The number of esters is 1. The standard InChI is InChI=1S/C11H16O4/c1-3-14-11(13)6-9-4-8(2)15-10(5-9)7-12/h5-6,8,12H,3-4,7H2,1-2H3/b9-6-. The lowest BCUT2D eigenvalue weighted by Crippen LogP contribution is -2.16.